The highest BCUT2D eigenvalue weighted by atomic mass is 19.1. The molecule has 2 rings (SSSR count). The molecule has 5 heteroatoms. The summed E-state index contributed by atoms with van der Waals surface area (Å²) in [5.41, 5.74) is 1.79. The number of carbonyl (C=O) groups is 2. The van der Waals surface area contributed by atoms with Gasteiger partial charge in [-0.05, 0) is 42.8 Å². The van der Waals surface area contributed by atoms with Gasteiger partial charge >= 0.3 is 11.8 Å². The topological polar surface area (TPSA) is 58.2 Å². The molecule has 0 atom stereocenters. The van der Waals surface area contributed by atoms with Crippen LogP contribution in [0.5, 0.6) is 0 Å². The Hall–Kier alpha value is -2.69. The lowest BCUT2D eigenvalue weighted by Gasteiger charge is -2.08. The van der Waals surface area contributed by atoms with Crippen molar-refractivity contribution in [1.29, 1.82) is 0 Å². The molecule has 0 saturated heterocycles. The summed E-state index contributed by atoms with van der Waals surface area (Å²) >= 11 is 0. The van der Waals surface area contributed by atoms with Crippen molar-refractivity contribution >= 4 is 23.2 Å². The molecule has 2 N–H and O–H groups in total. The van der Waals surface area contributed by atoms with E-state index in [0.29, 0.717) is 11.4 Å². The highest BCUT2D eigenvalue weighted by molar-refractivity contribution is 6.43. The molecular formula is C15H13FN2O2. The van der Waals surface area contributed by atoms with Gasteiger partial charge in [-0.15, -0.1) is 0 Å². The number of nitrogens with one attached hydrogen (secondary N) is 2. The number of hydrogen-bond donors (Lipinski definition) is 2. The van der Waals surface area contributed by atoms with Crippen LogP contribution in [0.3, 0.4) is 0 Å². The Kier molecular flexibility index (Phi) is 4.10. The van der Waals surface area contributed by atoms with Crippen molar-refractivity contribution in [2.24, 2.45) is 0 Å². The van der Waals surface area contributed by atoms with Gasteiger partial charge in [-0.1, -0.05) is 18.2 Å². The number of benzene rings is 2. The average Bonchev–Trinajstić information content (AvgIpc) is 2.44. The monoisotopic (exact) mass is 272 g/mol. The second-order valence-electron chi connectivity index (χ2n) is 4.23. The standard InChI is InChI=1S/C15H13FN2O2/c1-10-4-2-3-5-13(10)18-15(20)14(19)17-12-8-6-11(16)7-9-12/h2-9H,1H3,(H,17,19)(H,18,20). The Morgan fingerprint density at radius 3 is 2.15 bits per heavy atom. The molecule has 4 nitrogen and oxygen atoms in total. The number of anilines is 2. The summed E-state index contributed by atoms with van der Waals surface area (Å²) in [7, 11) is 0. The molecule has 0 spiro atoms. The van der Waals surface area contributed by atoms with E-state index in [2.05, 4.69) is 10.6 Å². The predicted octanol–water partition coefficient (Wildman–Crippen LogP) is 2.71. The van der Waals surface area contributed by atoms with Crippen LogP contribution in [0, 0.1) is 12.7 Å². The predicted molar refractivity (Wildman–Crippen MR) is 74.8 cm³/mol. The van der Waals surface area contributed by atoms with Gasteiger partial charge in [0, 0.05) is 11.4 Å². The van der Waals surface area contributed by atoms with Crippen LogP contribution in [0.15, 0.2) is 48.5 Å². The van der Waals surface area contributed by atoms with E-state index in [1.807, 2.05) is 19.1 Å². The number of rotatable bonds is 2. The lowest BCUT2D eigenvalue weighted by atomic mass is 10.2. The van der Waals surface area contributed by atoms with Gasteiger partial charge in [0.2, 0.25) is 0 Å². The van der Waals surface area contributed by atoms with Crippen molar-refractivity contribution < 1.29 is 14.0 Å². The van der Waals surface area contributed by atoms with Gasteiger partial charge in [0.15, 0.2) is 0 Å². The van der Waals surface area contributed by atoms with Gasteiger partial charge in [-0.3, -0.25) is 9.59 Å². The van der Waals surface area contributed by atoms with Gasteiger partial charge in [0.05, 0.1) is 0 Å². The lowest BCUT2D eigenvalue weighted by Crippen LogP contribution is -2.29. The molecule has 0 fully saturated rings. The number of aryl methyl sites for hydroxylation is 1. The van der Waals surface area contributed by atoms with Gasteiger partial charge in [-0.25, -0.2) is 4.39 Å². The second kappa shape index (κ2) is 5.97. The Morgan fingerprint density at radius 2 is 1.50 bits per heavy atom. The van der Waals surface area contributed by atoms with Crippen molar-refractivity contribution in [3.8, 4) is 0 Å². The van der Waals surface area contributed by atoms with Crippen molar-refractivity contribution in [3.63, 3.8) is 0 Å². The second-order valence-corrected chi connectivity index (χ2v) is 4.23. The molecule has 0 unspecified atom stereocenters. The summed E-state index contributed by atoms with van der Waals surface area (Å²) in [5, 5.41) is 4.91. The minimum Gasteiger partial charge on any atom is -0.318 e. The minimum atomic E-state index is -0.806. The molecule has 20 heavy (non-hydrogen) atoms. The van der Waals surface area contributed by atoms with Crippen LogP contribution >= 0.6 is 0 Å². The first-order valence-corrected chi connectivity index (χ1v) is 6.00. The number of carbonyl (C=O) groups excluding carboxylic acids is 2. The van der Waals surface area contributed by atoms with Crippen LogP contribution in [0.4, 0.5) is 15.8 Å². The first-order chi connectivity index (χ1) is 9.56. The van der Waals surface area contributed by atoms with Crippen LogP contribution in [-0.4, -0.2) is 11.8 Å². The number of halogens is 1. The molecule has 102 valence electrons. The van der Waals surface area contributed by atoms with Crippen molar-refractivity contribution in [3.05, 3.63) is 59.9 Å². The fourth-order valence-corrected chi connectivity index (χ4v) is 1.61. The third kappa shape index (κ3) is 3.41. The molecule has 0 saturated carbocycles. The fraction of sp³-hybridized carbons (Fsp3) is 0.0667. The van der Waals surface area contributed by atoms with Crippen molar-refractivity contribution in [1.82, 2.24) is 0 Å². The Morgan fingerprint density at radius 1 is 0.900 bits per heavy atom. The molecule has 2 aromatic carbocycles. The Labute approximate surface area is 115 Å². The molecule has 0 radical (unpaired) electrons. The SMILES string of the molecule is Cc1ccccc1NC(=O)C(=O)Nc1ccc(F)cc1. The van der Waals surface area contributed by atoms with E-state index in [4.69, 9.17) is 0 Å². The number of amides is 2. The first kappa shape index (κ1) is 13.7. The van der Waals surface area contributed by atoms with E-state index in [1.54, 1.807) is 12.1 Å². The minimum absolute atomic E-state index is 0.358. The maximum Gasteiger partial charge on any atom is 0.314 e. The molecule has 0 aliphatic rings. The maximum atomic E-state index is 12.7. The van der Waals surface area contributed by atoms with Gasteiger partial charge in [-0.2, -0.15) is 0 Å². The summed E-state index contributed by atoms with van der Waals surface area (Å²) < 4.78 is 12.7. The van der Waals surface area contributed by atoms with E-state index < -0.39 is 17.6 Å². The van der Waals surface area contributed by atoms with Gasteiger partial charge < -0.3 is 10.6 Å². The summed E-state index contributed by atoms with van der Waals surface area (Å²) in [6.07, 6.45) is 0. The van der Waals surface area contributed by atoms with E-state index in [9.17, 15) is 14.0 Å². The quantitative estimate of drug-likeness (QED) is 0.826. The summed E-state index contributed by atoms with van der Waals surface area (Å²) in [6, 6.07) is 12.3. The largest absolute Gasteiger partial charge is 0.318 e. The van der Waals surface area contributed by atoms with Crippen LogP contribution in [0.2, 0.25) is 0 Å². The van der Waals surface area contributed by atoms with Gasteiger partial charge in [0.25, 0.3) is 0 Å². The molecule has 0 bridgehead atoms. The molecule has 0 aliphatic carbocycles. The highest BCUT2D eigenvalue weighted by Crippen LogP contribution is 2.13. The van der Waals surface area contributed by atoms with Crippen LogP contribution in [0.1, 0.15) is 5.56 Å². The third-order valence-corrected chi connectivity index (χ3v) is 2.70. The van der Waals surface area contributed by atoms with Crippen molar-refractivity contribution in [2.75, 3.05) is 10.6 Å². The van der Waals surface area contributed by atoms with Crippen LogP contribution in [0.25, 0.3) is 0 Å². The van der Waals surface area contributed by atoms with E-state index >= 15 is 0 Å². The lowest BCUT2D eigenvalue weighted by molar-refractivity contribution is -0.133. The molecule has 0 heterocycles. The smallest absolute Gasteiger partial charge is 0.314 e. The third-order valence-electron chi connectivity index (χ3n) is 2.70. The van der Waals surface area contributed by atoms with Crippen LogP contribution < -0.4 is 10.6 Å². The normalized spacial score (nSPS) is 9.90. The summed E-state index contributed by atoms with van der Waals surface area (Å²) in [5.74, 6) is -1.99. The van der Waals surface area contributed by atoms with Crippen LogP contribution in [-0.2, 0) is 9.59 Å². The zero-order chi connectivity index (χ0) is 14.5. The van der Waals surface area contributed by atoms with Gasteiger partial charge in [0.1, 0.15) is 5.82 Å². The summed E-state index contributed by atoms with van der Waals surface area (Å²) in [4.78, 5) is 23.4. The highest BCUT2D eigenvalue weighted by Gasteiger charge is 2.14. The zero-order valence-electron chi connectivity index (χ0n) is 10.8. The number of para-hydroxylation sites is 1. The maximum absolute atomic E-state index is 12.7. The van der Waals surface area contributed by atoms with E-state index in [-0.39, 0.29) is 0 Å². The first-order valence-electron chi connectivity index (χ1n) is 6.00. The van der Waals surface area contributed by atoms with Crippen molar-refractivity contribution in [2.45, 2.75) is 6.92 Å². The Bertz CT molecular complexity index is 639. The molecule has 2 amide bonds. The fourth-order valence-electron chi connectivity index (χ4n) is 1.61. The van der Waals surface area contributed by atoms with E-state index in [1.165, 1.54) is 24.3 Å². The molecule has 0 aromatic heterocycles. The summed E-state index contributed by atoms with van der Waals surface area (Å²) in [6.45, 7) is 1.83. The van der Waals surface area contributed by atoms with E-state index in [0.717, 1.165) is 5.56 Å². The Balaban J connectivity index is 2.01. The molecule has 0 aliphatic heterocycles. The number of hydrogen-bond acceptors (Lipinski definition) is 2. The zero-order valence-corrected chi connectivity index (χ0v) is 10.8. The average molecular weight is 272 g/mol. The molecular weight excluding hydrogens is 259 g/mol. The molecule has 2 aromatic rings.